The summed E-state index contributed by atoms with van der Waals surface area (Å²) in [7, 11) is -3.24. The first-order valence-electron chi connectivity index (χ1n) is 9.62. The first kappa shape index (κ1) is 18.7. The number of nitrogens with one attached hydrogen (secondary N) is 2. The second-order valence-corrected chi connectivity index (χ2v) is 11.1. The first-order chi connectivity index (χ1) is 11.7. The van der Waals surface area contributed by atoms with Gasteiger partial charge in [-0.25, -0.2) is 13.1 Å². The summed E-state index contributed by atoms with van der Waals surface area (Å²) in [6.45, 7) is 6.24. The molecule has 0 amide bonds. The SMILES string of the molecule is CC(C)(C)S(=O)(=O)N[C@H]1CC[C@H](CNc2ccc3c(c2)CCC3)CC1. The molecule has 4 nitrogen and oxygen atoms in total. The minimum absolute atomic E-state index is 0.0977. The Kier molecular flexibility index (Phi) is 5.45. The van der Waals surface area contributed by atoms with Crippen molar-refractivity contribution in [3.05, 3.63) is 29.3 Å². The molecule has 0 spiro atoms. The van der Waals surface area contributed by atoms with E-state index >= 15 is 0 Å². The molecular formula is C20H32N2O2S. The lowest BCUT2D eigenvalue weighted by Crippen LogP contribution is -2.46. The third kappa shape index (κ3) is 4.56. The van der Waals surface area contributed by atoms with Gasteiger partial charge in [-0.1, -0.05) is 6.07 Å². The van der Waals surface area contributed by atoms with Gasteiger partial charge >= 0.3 is 0 Å². The van der Waals surface area contributed by atoms with Gasteiger partial charge in [-0.15, -0.1) is 0 Å². The molecule has 0 heterocycles. The summed E-state index contributed by atoms with van der Waals surface area (Å²) in [6, 6.07) is 6.88. The Hall–Kier alpha value is -1.07. The number of fused-ring (bicyclic) bond motifs is 1. The van der Waals surface area contributed by atoms with Crippen molar-refractivity contribution in [2.24, 2.45) is 5.92 Å². The van der Waals surface area contributed by atoms with Gasteiger partial charge in [-0.2, -0.15) is 0 Å². The maximum Gasteiger partial charge on any atom is 0.216 e. The highest BCUT2D eigenvalue weighted by molar-refractivity contribution is 7.90. The van der Waals surface area contributed by atoms with E-state index in [0.717, 1.165) is 32.2 Å². The zero-order valence-corrected chi connectivity index (χ0v) is 16.6. The molecule has 140 valence electrons. The smallest absolute Gasteiger partial charge is 0.216 e. The number of anilines is 1. The predicted molar refractivity (Wildman–Crippen MR) is 105 cm³/mol. The van der Waals surface area contributed by atoms with Crippen LogP contribution < -0.4 is 10.0 Å². The van der Waals surface area contributed by atoms with Gasteiger partial charge in [-0.3, -0.25) is 0 Å². The molecule has 3 rings (SSSR count). The summed E-state index contributed by atoms with van der Waals surface area (Å²) >= 11 is 0. The van der Waals surface area contributed by atoms with Gasteiger partial charge in [0.25, 0.3) is 0 Å². The fraction of sp³-hybridized carbons (Fsp3) is 0.700. The van der Waals surface area contributed by atoms with Gasteiger partial charge in [0.1, 0.15) is 0 Å². The van der Waals surface area contributed by atoms with Crippen LogP contribution in [0.4, 0.5) is 5.69 Å². The van der Waals surface area contributed by atoms with Crippen molar-refractivity contribution in [2.45, 2.75) is 76.5 Å². The van der Waals surface area contributed by atoms with Gasteiger partial charge in [-0.05, 0) is 94.9 Å². The first-order valence-corrected chi connectivity index (χ1v) is 11.1. The molecule has 5 heteroatoms. The Morgan fingerprint density at radius 3 is 2.40 bits per heavy atom. The van der Waals surface area contributed by atoms with Crippen molar-refractivity contribution in [1.82, 2.24) is 4.72 Å². The fourth-order valence-corrected chi connectivity index (χ4v) is 4.85. The molecule has 0 unspecified atom stereocenters. The summed E-state index contributed by atoms with van der Waals surface area (Å²) in [4.78, 5) is 0. The monoisotopic (exact) mass is 364 g/mol. The lowest BCUT2D eigenvalue weighted by Gasteiger charge is -2.31. The Balaban J connectivity index is 1.45. The Bertz CT molecular complexity index is 699. The van der Waals surface area contributed by atoms with Crippen LogP contribution in [0, 0.1) is 5.92 Å². The van der Waals surface area contributed by atoms with Crippen LogP contribution in [0.3, 0.4) is 0 Å². The molecule has 0 atom stereocenters. The number of hydrogen-bond donors (Lipinski definition) is 2. The average Bonchev–Trinajstić information content (AvgIpc) is 3.00. The van der Waals surface area contributed by atoms with Gasteiger partial charge in [0.05, 0.1) is 4.75 Å². The number of aryl methyl sites for hydroxylation is 2. The average molecular weight is 365 g/mol. The highest BCUT2D eigenvalue weighted by atomic mass is 32.2. The zero-order chi connectivity index (χ0) is 18.1. The minimum Gasteiger partial charge on any atom is -0.385 e. The summed E-state index contributed by atoms with van der Waals surface area (Å²) < 4.78 is 26.7. The van der Waals surface area contributed by atoms with Crippen molar-refractivity contribution in [3.8, 4) is 0 Å². The van der Waals surface area contributed by atoms with Crippen LogP contribution in [0.25, 0.3) is 0 Å². The molecule has 0 bridgehead atoms. The van der Waals surface area contributed by atoms with E-state index in [1.807, 2.05) is 0 Å². The third-order valence-electron chi connectivity index (χ3n) is 5.67. The van der Waals surface area contributed by atoms with Crippen LogP contribution in [-0.4, -0.2) is 25.8 Å². The predicted octanol–water partition coefficient (Wildman–Crippen LogP) is 3.86. The van der Waals surface area contributed by atoms with Crippen molar-refractivity contribution in [1.29, 1.82) is 0 Å². The summed E-state index contributed by atoms with van der Waals surface area (Å²) in [5, 5.41) is 3.59. The Labute approximate surface area is 152 Å². The van der Waals surface area contributed by atoms with Crippen LogP contribution in [0.5, 0.6) is 0 Å². The Morgan fingerprint density at radius 1 is 1.04 bits per heavy atom. The molecular weight excluding hydrogens is 332 g/mol. The van der Waals surface area contributed by atoms with Crippen molar-refractivity contribution in [2.75, 3.05) is 11.9 Å². The van der Waals surface area contributed by atoms with Crippen molar-refractivity contribution < 1.29 is 8.42 Å². The highest BCUT2D eigenvalue weighted by Crippen LogP contribution is 2.28. The molecule has 2 aliphatic rings. The maximum atomic E-state index is 12.3. The standard InChI is InChI=1S/C20H32N2O2S/c1-20(2,3)25(23,24)22-18-10-7-15(8-11-18)14-21-19-12-9-16-5-4-6-17(16)13-19/h9,12-13,15,18,21-22H,4-8,10-11,14H2,1-3H3/t15-,18-. The van der Waals surface area contributed by atoms with E-state index in [-0.39, 0.29) is 6.04 Å². The molecule has 2 N–H and O–H groups in total. The van der Waals surface area contributed by atoms with E-state index in [1.54, 1.807) is 20.8 Å². The van der Waals surface area contributed by atoms with Crippen LogP contribution >= 0.6 is 0 Å². The van der Waals surface area contributed by atoms with E-state index in [0.29, 0.717) is 5.92 Å². The second-order valence-electron chi connectivity index (χ2n) is 8.67. The normalized spacial score (nSPS) is 24.1. The molecule has 1 aromatic carbocycles. The van der Waals surface area contributed by atoms with Gasteiger partial charge in [0, 0.05) is 18.3 Å². The van der Waals surface area contributed by atoms with E-state index in [2.05, 4.69) is 28.2 Å². The molecule has 0 aliphatic heterocycles. The van der Waals surface area contributed by atoms with Gasteiger partial charge in [0.15, 0.2) is 0 Å². The molecule has 1 aromatic rings. The van der Waals surface area contributed by atoms with Crippen LogP contribution in [0.1, 0.15) is 64.0 Å². The fourth-order valence-electron chi connectivity index (χ4n) is 3.82. The zero-order valence-electron chi connectivity index (χ0n) is 15.8. The van der Waals surface area contributed by atoms with Crippen molar-refractivity contribution in [3.63, 3.8) is 0 Å². The lowest BCUT2D eigenvalue weighted by atomic mass is 9.86. The molecule has 1 saturated carbocycles. The minimum atomic E-state index is -3.24. The van der Waals surface area contributed by atoms with E-state index in [1.165, 1.54) is 36.1 Å². The lowest BCUT2D eigenvalue weighted by molar-refractivity contribution is 0.322. The van der Waals surface area contributed by atoms with Crippen LogP contribution in [-0.2, 0) is 22.9 Å². The number of benzene rings is 1. The summed E-state index contributed by atoms with van der Waals surface area (Å²) in [5.41, 5.74) is 4.25. The maximum absolute atomic E-state index is 12.3. The molecule has 1 fully saturated rings. The molecule has 25 heavy (non-hydrogen) atoms. The Morgan fingerprint density at radius 2 is 1.72 bits per heavy atom. The molecule has 0 saturated heterocycles. The summed E-state index contributed by atoms with van der Waals surface area (Å²) in [6.07, 6.45) is 7.75. The topological polar surface area (TPSA) is 58.2 Å². The summed E-state index contributed by atoms with van der Waals surface area (Å²) in [5.74, 6) is 0.628. The largest absolute Gasteiger partial charge is 0.385 e. The van der Waals surface area contributed by atoms with Crippen molar-refractivity contribution >= 4 is 15.7 Å². The third-order valence-corrected chi connectivity index (χ3v) is 7.92. The molecule has 2 aliphatic carbocycles. The number of sulfonamides is 1. The van der Waals surface area contributed by atoms with E-state index in [4.69, 9.17) is 0 Å². The van der Waals surface area contributed by atoms with Crippen LogP contribution in [0.2, 0.25) is 0 Å². The second kappa shape index (κ2) is 7.28. The number of hydrogen-bond acceptors (Lipinski definition) is 3. The quantitative estimate of drug-likeness (QED) is 0.834. The van der Waals surface area contributed by atoms with Gasteiger partial charge < -0.3 is 5.32 Å². The molecule has 0 aromatic heterocycles. The van der Waals surface area contributed by atoms with Gasteiger partial charge in [0.2, 0.25) is 10.0 Å². The van der Waals surface area contributed by atoms with E-state index < -0.39 is 14.8 Å². The van der Waals surface area contributed by atoms with E-state index in [9.17, 15) is 8.42 Å². The number of rotatable bonds is 5. The molecule has 0 radical (unpaired) electrons. The van der Waals surface area contributed by atoms with Crippen LogP contribution in [0.15, 0.2) is 18.2 Å². The highest BCUT2D eigenvalue weighted by Gasteiger charge is 2.32.